The van der Waals surface area contributed by atoms with Gasteiger partial charge in [-0.15, -0.1) is 0 Å². The minimum Gasteiger partial charge on any atom is -0.394 e. The minimum atomic E-state index is -0.535. The average Bonchev–Trinajstić information content (AvgIpc) is 2.50. The normalized spacial score (nSPS) is 26.9. The molecule has 0 aromatic heterocycles. The van der Waals surface area contributed by atoms with Gasteiger partial charge in [-0.2, -0.15) is 0 Å². The third-order valence-electron chi connectivity index (χ3n) is 4.06. The molecule has 3 unspecified atom stereocenters. The third-order valence-corrected chi connectivity index (χ3v) is 4.06. The van der Waals surface area contributed by atoms with E-state index in [9.17, 15) is 9.90 Å². The molecule has 4 nitrogen and oxygen atoms in total. The first-order valence-corrected chi connectivity index (χ1v) is 7.07. The van der Waals surface area contributed by atoms with Gasteiger partial charge in [0.25, 0.3) is 0 Å². The Labute approximate surface area is 120 Å². The Bertz CT molecular complexity index is 437. The van der Waals surface area contributed by atoms with Crippen molar-refractivity contribution in [2.45, 2.75) is 31.4 Å². The first-order valence-electron chi connectivity index (χ1n) is 7.07. The molecule has 1 fully saturated rings. The maximum absolute atomic E-state index is 11.7. The number of ether oxygens (including phenoxy) is 1. The van der Waals surface area contributed by atoms with E-state index in [0.29, 0.717) is 19.7 Å². The topological polar surface area (TPSA) is 49.8 Å². The molecule has 1 aliphatic rings. The van der Waals surface area contributed by atoms with Crippen molar-refractivity contribution in [1.29, 1.82) is 0 Å². The van der Waals surface area contributed by atoms with E-state index < -0.39 is 5.41 Å². The molecule has 0 saturated carbocycles. The number of benzene rings is 1. The summed E-state index contributed by atoms with van der Waals surface area (Å²) in [6.45, 7) is 5.96. The number of aldehydes is 1. The smallest absolute Gasteiger partial charge is 0.131 e. The van der Waals surface area contributed by atoms with Crippen LogP contribution in [0.4, 0.5) is 0 Å². The molecule has 1 aromatic rings. The summed E-state index contributed by atoms with van der Waals surface area (Å²) in [5, 5.41) is 9.25. The van der Waals surface area contributed by atoms with Gasteiger partial charge in [-0.25, -0.2) is 0 Å². The second-order valence-corrected chi connectivity index (χ2v) is 5.82. The van der Waals surface area contributed by atoms with Crippen LogP contribution in [0.2, 0.25) is 0 Å². The monoisotopic (exact) mass is 277 g/mol. The standard InChI is InChI=1S/C16H23NO3/c1-13-10-20-15(9-18)8-17(13)11-16(2,12-19)14-6-4-3-5-7-14/h3-7,12-13,15,18H,8-11H2,1-2H3. The molecule has 3 atom stereocenters. The molecule has 110 valence electrons. The van der Waals surface area contributed by atoms with Crippen molar-refractivity contribution in [2.24, 2.45) is 0 Å². The van der Waals surface area contributed by atoms with Crippen LogP contribution in [0.5, 0.6) is 0 Å². The van der Waals surface area contributed by atoms with Gasteiger partial charge in [-0.1, -0.05) is 30.3 Å². The van der Waals surface area contributed by atoms with Crippen molar-refractivity contribution in [3.63, 3.8) is 0 Å². The number of aliphatic hydroxyl groups is 1. The predicted molar refractivity (Wildman–Crippen MR) is 77.7 cm³/mol. The van der Waals surface area contributed by atoms with Gasteiger partial charge in [-0.05, 0) is 19.4 Å². The summed E-state index contributed by atoms with van der Waals surface area (Å²) in [6.07, 6.45) is 0.872. The van der Waals surface area contributed by atoms with E-state index in [1.807, 2.05) is 37.3 Å². The molecule has 0 spiro atoms. The predicted octanol–water partition coefficient (Wildman–Crippen LogP) is 1.22. The van der Waals surface area contributed by atoms with Crippen LogP contribution in [0.3, 0.4) is 0 Å². The van der Waals surface area contributed by atoms with Crippen LogP contribution in [-0.4, -0.2) is 54.7 Å². The van der Waals surface area contributed by atoms with Crippen molar-refractivity contribution in [3.8, 4) is 0 Å². The number of aliphatic hydroxyl groups excluding tert-OH is 1. The molecule has 0 radical (unpaired) electrons. The zero-order valence-electron chi connectivity index (χ0n) is 12.2. The summed E-state index contributed by atoms with van der Waals surface area (Å²) < 4.78 is 5.54. The quantitative estimate of drug-likeness (QED) is 0.822. The van der Waals surface area contributed by atoms with Crippen molar-refractivity contribution in [2.75, 3.05) is 26.3 Å². The van der Waals surface area contributed by atoms with E-state index in [1.165, 1.54) is 0 Å². The van der Waals surface area contributed by atoms with Gasteiger partial charge in [0.15, 0.2) is 0 Å². The highest BCUT2D eigenvalue weighted by Gasteiger charge is 2.34. The maximum atomic E-state index is 11.7. The first-order chi connectivity index (χ1) is 9.59. The number of hydrogen-bond acceptors (Lipinski definition) is 4. The molecule has 4 heteroatoms. The van der Waals surface area contributed by atoms with Gasteiger partial charge in [0.05, 0.1) is 24.7 Å². The van der Waals surface area contributed by atoms with Crippen molar-refractivity contribution < 1.29 is 14.6 Å². The number of morpholine rings is 1. The molecule has 0 aliphatic carbocycles. The number of hydrogen-bond donors (Lipinski definition) is 1. The summed E-state index contributed by atoms with van der Waals surface area (Å²) in [4.78, 5) is 13.9. The van der Waals surface area contributed by atoms with Crippen molar-refractivity contribution in [3.05, 3.63) is 35.9 Å². The number of rotatable bonds is 5. The third kappa shape index (κ3) is 3.26. The largest absolute Gasteiger partial charge is 0.394 e. The Morgan fingerprint density at radius 1 is 1.45 bits per heavy atom. The average molecular weight is 277 g/mol. The Morgan fingerprint density at radius 2 is 2.15 bits per heavy atom. The lowest BCUT2D eigenvalue weighted by molar-refractivity contribution is -0.116. The van der Waals surface area contributed by atoms with E-state index in [2.05, 4.69) is 11.8 Å². The molecule has 20 heavy (non-hydrogen) atoms. The van der Waals surface area contributed by atoms with Crippen LogP contribution in [0.15, 0.2) is 30.3 Å². The van der Waals surface area contributed by atoms with Crippen LogP contribution in [0.1, 0.15) is 19.4 Å². The zero-order chi connectivity index (χ0) is 14.6. The fourth-order valence-electron chi connectivity index (χ4n) is 2.64. The van der Waals surface area contributed by atoms with Crippen molar-refractivity contribution in [1.82, 2.24) is 4.90 Å². The molecule has 0 bridgehead atoms. The summed E-state index contributed by atoms with van der Waals surface area (Å²) in [5.41, 5.74) is 0.488. The fourth-order valence-corrected chi connectivity index (χ4v) is 2.64. The molecule has 1 heterocycles. The molecular weight excluding hydrogens is 254 g/mol. The lowest BCUT2D eigenvalue weighted by Crippen LogP contribution is -2.53. The van der Waals surface area contributed by atoms with E-state index in [-0.39, 0.29) is 18.8 Å². The van der Waals surface area contributed by atoms with Gasteiger partial charge in [0.2, 0.25) is 0 Å². The summed E-state index contributed by atoms with van der Waals surface area (Å²) in [6, 6.07) is 10.1. The SMILES string of the molecule is CC1COC(CO)CN1CC(C)(C=O)c1ccccc1. The van der Waals surface area contributed by atoms with E-state index >= 15 is 0 Å². The second kappa shape index (κ2) is 6.48. The Kier molecular flexibility index (Phi) is 4.91. The van der Waals surface area contributed by atoms with Crippen molar-refractivity contribution >= 4 is 6.29 Å². The van der Waals surface area contributed by atoms with Crippen LogP contribution in [0, 0.1) is 0 Å². The van der Waals surface area contributed by atoms with Gasteiger partial charge < -0.3 is 14.6 Å². The summed E-state index contributed by atoms with van der Waals surface area (Å²) >= 11 is 0. The number of carbonyl (C=O) groups is 1. The van der Waals surface area contributed by atoms with Crippen LogP contribution in [-0.2, 0) is 14.9 Å². The lowest BCUT2D eigenvalue weighted by Gasteiger charge is -2.41. The fraction of sp³-hybridized carbons (Fsp3) is 0.562. The lowest BCUT2D eigenvalue weighted by atomic mass is 9.83. The Hall–Kier alpha value is -1.23. The molecule has 2 rings (SSSR count). The van der Waals surface area contributed by atoms with Gasteiger partial charge >= 0.3 is 0 Å². The molecular formula is C16H23NO3. The van der Waals surface area contributed by atoms with E-state index in [1.54, 1.807) is 0 Å². The zero-order valence-corrected chi connectivity index (χ0v) is 12.2. The highest BCUT2D eigenvalue weighted by atomic mass is 16.5. The van der Waals surface area contributed by atoms with Crippen LogP contribution in [0.25, 0.3) is 0 Å². The van der Waals surface area contributed by atoms with Gasteiger partial charge in [-0.3, -0.25) is 4.90 Å². The van der Waals surface area contributed by atoms with E-state index in [4.69, 9.17) is 4.74 Å². The Balaban J connectivity index is 2.14. The molecule has 0 amide bonds. The van der Waals surface area contributed by atoms with Crippen LogP contribution >= 0.6 is 0 Å². The number of carbonyl (C=O) groups excluding carboxylic acids is 1. The summed E-state index contributed by atoms with van der Waals surface area (Å²) in [5.74, 6) is 0. The number of nitrogens with zero attached hydrogens (tertiary/aromatic N) is 1. The molecule has 1 aromatic carbocycles. The second-order valence-electron chi connectivity index (χ2n) is 5.82. The maximum Gasteiger partial charge on any atom is 0.131 e. The minimum absolute atomic E-state index is 0.0202. The molecule has 1 N–H and O–H groups in total. The first kappa shape index (κ1) is 15.2. The highest BCUT2D eigenvalue weighted by molar-refractivity contribution is 5.68. The van der Waals surface area contributed by atoms with Crippen LogP contribution < -0.4 is 0 Å². The molecule has 1 aliphatic heterocycles. The van der Waals surface area contributed by atoms with E-state index in [0.717, 1.165) is 11.8 Å². The highest BCUT2D eigenvalue weighted by Crippen LogP contribution is 2.25. The Morgan fingerprint density at radius 3 is 2.75 bits per heavy atom. The molecule has 1 saturated heterocycles. The summed E-state index contributed by atoms with van der Waals surface area (Å²) in [7, 11) is 0. The van der Waals surface area contributed by atoms with Gasteiger partial charge in [0.1, 0.15) is 6.29 Å². The van der Waals surface area contributed by atoms with Gasteiger partial charge in [0, 0.05) is 19.1 Å².